The minimum absolute atomic E-state index is 0.605. The maximum Gasteiger partial charge on any atom is 0.162 e. The van der Waals surface area contributed by atoms with E-state index >= 15 is 0 Å². The molecule has 0 saturated heterocycles. The lowest BCUT2D eigenvalue weighted by atomic mass is 10.2. The Morgan fingerprint density at radius 3 is 2.36 bits per heavy atom. The molecular formula is C12H14O2. The molecule has 0 aliphatic heterocycles. The van der Waals surface area contributed by atoms with E-state index < -0.39 is 0 Å². The minimum Gasteiger partial charge on any atom is -0.490 e. The van der Waals surface area contributed by atoms with Crippen LogP contribution in [0.2, 0.25) is 0 Å². The van der Waals surface area contributed by atoms with Crippen LogP contribution in [-0.2, 0) is 0 Å². The van der Waals surface area contributed by atoms with Crippen molar-refractivity contribution in [3.63, 3.8) is 0 Å². The van der Waals surface area contributed by atoms with Crippen LogP contribution in [0, 0.1) is 12.3 Å². The van der Waals surface area contributed by atoms with Crippen molar-refractivity contribution >= 4 is 0 Å². The van der Waals surface area contributed by atoms with Gasteiger partial charge in [-0.1, -0.05) is 5.92 Å². The average molecular weight is 190 g/mol. The highest BCUT2D eigenvalue weighted by Gasteiger charge is 2.04. The van der Waals surface area contributed by atoms with Gasteiger partial charge in [0.05, 0.1) is 13.2 Å². The molecule has 0 spiro atoms. The first-order valence-electron chi connectivity index (χ1n) is 4.68. The summed E-state index contributed by atoms with van der Waals surface area (Å²) in [7, 11) is 0. The maximum absolute atomic E-state index is 5.41. The molecule has 1 aromatic carbocycles. The fourth-order valence-corrected chi connectivity index (χ4v) is 1.14. The average Bonchev–Trinajstić information content (AvgIpc) is 2.21. The van der Waals surface area contributed by atoms with E-state index in [0.717, 1.165) is 11.3 Å². The molecule has 74 valence electrons. The highest BCUT2D eigenvalue weighted by atomic mass is 16.5. The second-order valence-electron chi connectivity index (χ2n) is 2.67. The lowest BCUT2D eigenvalue weighted by Crippen LogP contribution is -1.98. The molecule has 0 aliphatic rings. The zero-order chi connectivity index (χ0) is 10.4. The Morgan fingerprint density at radius 1 is 1.14 bits per heavy atom. The van der Waals surface area contributed by atoms with E-state index in [1.54, 1.807) is 0 Å². The lowest BCUT2D eigenvalue weighted by Gasteiger charge is -2.10. The summed E-state index contributed by atoms with van der Waals surface area (Å²) in [6.45, 7) is 5.09. The van der Waals surface area contributed by atoms with Gasteiger partial charge in [-0.25, -0.2) is 0 Å². The highest BCUT2D eigenvalue weighted by Crippen LogP contribution is 2.28. The van der Waals surface area contributed by atoms with Crippen LogP contribution < -0.4 is 9.47 Å². The zero-order valence-electron chi connectivity index (χ0n) is 8.54. The Balaban J connectivity index is 2.98. The van der Waals surface area contributed by atoms with Crippen molar-refractivity contribution in [2.24, 2.45) is 0 Å². The van der Waals surface area contributed by atoms with Gasteiger partial charge >= 0.3 is 0 Å². The normalized spacial score (nSPS) is 9.21. The smallest absolute Gasteiger partial charge is 0.162 e. The van der Waals surface area contributed by atoms with Crippen molar-refractivity contribution in [3.05, 3.63) is 23.8 Å². The van der Waals surface area contributed by atoms with Crippen LogP contribution in [0.3, 0.4) is 0 Å². The molecule has 0 amide bonds. The quantitative estimate of drug-likeness (QED) is 0.679. The molecule has 2 heteroatoms. The molecule has 0 radical (unpaired) electrons. The lowest BCUT2D eigenvalue weighted by molar-refractivity contribution is 0.287. The number of rotatable bonds is 4. The molecule has 14 heavy (non-hydrogen) atoms. The molecule has 0 heterocycles. The second kappa shape index (κ2) is 5.18. The van der Waals surface area contributed by atoms with Gasteiger partial charge < -0.3 is 9.47 Å². The van der Waals surface area contributed by atoms with Gasteiger partial charge in [0.15, 0.2) is 11.5 Å². The van der Waals surface area contributed by atoms with Crippen molar-refractivity contribution in [2.75, 3.05) is 13.2 Å². The molecule has 1 aromatic rings. The van der Waals surface area contributed by atoms with E-state index in [0.29, 0.717) is 19.0 Å². The first-order chi connectivity index (χ1) is 6.81. The van der Waals surface area contributed by atoms with Crippen LogP contribution in [0.5, 0.6) is 11.5 Å². The van der Waals surface area contributed by atoms with Crippen molar-refractivity contribution in [2.45, 2.75) is 13.8 Å². The fraction of sp³-hybridized carbons (Fsp3) is 0.333. The van der Waals surface area contributed by atoms with E-state index in [1.165, 1.54) is 0 Å². The number of ether oxygens (including phenoxy) is 2. The summed E-state index contributed by atoms with van der Waals surface area (Å²) in [6.07, 6.45) is 5.29. The first-order valence-corrected chi connectivity index (χ1v) is 4.68. The van der Waals surface area contributed by atoms with Gasteiger partial charge in [-0.15, -0.1) is 6.42 Å². The molecule has 0 bridgehead atoms. The van der Waals surface area contributed by atoms with E-state index in [9.17, 15) is 0 Å². The van der Waals surface area contributed by atoms with Gasteiger partial charge in [-0.3, -0.25) is 0 Å². The predicted octanol–water partition coefficient (Wildman–Crippen LogP) is 2.47. The number of terminal acetylenes is 1. The van der Waals surface area contributed by atoms with Crippen molar-refractivity contribution in [1.29, 1.82) is 0 Å². The topological polar surface area (TPSA) is 18.5 Å². The van der Waals surface area contributed by atoms with E-state index in [-0.39, 0.29) is 0 Å². The van der Waals surface area contributed by atoms with Crippen LogP contribution in [-0.4, -0.2) is 13.2 Å². The molecule has 1 rings (SSSR count). The molecule has 0 aromatic heterocycles. The Labute approximate surface area is 84.8 Å². The molecule has 0 fully saturated rings. The Hall–Kier alpha value is -1.62. The third kappa shape index (κ3) is 2.43. The van der Waals surface area contributed by atoms with E-state index in [4.69, 9.17) is 15.9 Å². The standard InChI is InChI=1S/C12H14O2/c1-4-10-7-8-11(13-5-2)12(9-10)14-6-3/h1,7-9H,5-6H2,2-3H3. The van der Waals surface area contributed by atoms with Crippen molar-refractivity contribution < 1.29 is 9.47 Å². The van der Waals surface area contributed by atoms with Gasteiger partial charge in [-0.2, -0.15) is 0 Å². The maximum atomic E-state index is 5.41. The van der Waals surface area contributed by atoms with Crippen molar-refractivity contribution in [1.82, 2.24) is 0 Å². The third-order valence-electron chi connectivity index (χ3n) is 1.71. The summed E-state index contributed by atoms with van der Waals surface area (Å²) in [5.41, 5.74) is 0.803. The summed E-state index contributed by atoms with van der Waals surface area (Å²) in [5.74, 6) is 4.02. The van der Waals surface area contributed by atoms with Gasteiger partial charge in [0, 0.05) is 5.56 Å². The Bertz CT molecular complexity index is 337. The summed E-state index contributed by atoms with van der Waals surface area (Å²) in [5, 5.41) is 0. The van der Waals surface area contributed by atoms with Gasteiger partial charge in [0.25, 0.3) is 0 Å². The number of hydrogen-bond donors (Lipinski definition) is 0. The minimum atomic E-state index is 0.605. The van der Waals surface area contributed by atoms with Crippen LogP contribution >= 0.6 is 0 Å². The van der Waals surface area contributed by atoms with Gasteiger partial charge in [-0.05, 0) is 32.0 Å². The summed E-state index contributed by atoms with van der Waals surface area (Å²) < 4.78 is 10.8. The summed E-state index contributed by atoms with van der Waals surface area (Å²) in [6, 6.07) is 5.49. The summed E-state index contributed by atoms with van der Waals surface area (Å²) in [4.78, 5) is 0. The SMILES string of the molecule is C#Cc1ccc(OCC)c(OCC)c1. The Kier molecular flexibility index (Phi) is 3.87. The van der Waals surface area contributed by atoms with Crippen molar-refractivity contribution in [3.8, 4) is 23.8 Å². The monoisotopic (exact) mass is 190 g/mol. The Morgan fingerprint density at radius 2 is 1.79 bits per heavy atom. The van der Waals surface area contributed by atoms with Crippen LogP contribution in [0.4, 0.5) is 0 Å². The highest BCUT2D eigenvalue weighted by molar-refractivity contribution is 5.47. The molecule has 0 aliphatic carbocycles. The summed E-state index contributed by atoms with van der Waals surface area (Å²) >= 11 is 0. The molecule has 0 N–H and O–H groups in total. The second-order valence-corrected chi connectivity index (χ2v) is 2.67. The van der Waals surface area contributed by atoms with Gasteiger partial charge in [0.1, 0.15) is 0 Å². The van der Waals surface area contributed by atoms with E-state index in [1.807, 2.05) is 32.0 Å². The van der Waals surface area contributed by atoms with E-state index in [2.05, 4.69) is 5.92 Å². The molecule has 2 nitrogen and oxygen atoms in total. The van der Waals surface area contributed by atoms with Crippen LogP contribution in [0.25, 0.3) is 0 Å². The largest absolute Gasteiger partial charge is 0.490 e. The van der Waals surface area contributed by atoms with Crippen LogP contribution in [0.15, 0.2) is 18.2 Å². The predicted molar refractivity (Wildman–Crippen MR) is 56.7 cm³/mol. The zero-order valence-corrected chi connectivity index (χ0v) is 8.54. The fourth-order valence-electron chi connectivity index (χ4n) is 1.14. The number of hydrogen-bond acceptors (Lipinski definition) is 2. The molecule has 0 atom stereocenters. The first kappa shape index (κ1) is 10.5. The van der Waals surface area contributed by atoms with Gasteiger partial charge in [0.2, 0.25) is 0 Å². The van der Waals surface area contributed by atoms with Crippen LogP contribution in [0.1, 0.15) is 19.4 Å². The number of benzene rings is 1. The molecule has 0 unspecified atom stereocenters. The molecule has 0 saturated carbocycles. The molecular weight excluding hydrogens is 176 g/mol. The third-order valence-corrected chi connectivity index (χ3v) is 1.71.